The van der Waals surface area contributed by atoms with Crippen molar-refractivity contribution >= 4 is 41.8 Å². The van der Waals surface area contributed by atoms with Crippen LogP contribution in [0.1, 0.15) is 114 Å². The lowest BCUT2D eigenvalue weighted by molar-refractivity contribution is -0.339. The van der Waals surface area contributed by atoms with Crippen LogP contribution in [0.4, 0.5) is 0 Å². The number of ether oxygens (including phenoxy) is 12. The molecule has 0 amide bonds. The molecule has 0 aromatic carbocycles. The molecule has 0 aromatic rings. The normalized spacial score (nSPS) is 43.0. The molecule has 380 valence electrons. The van der Waals surface area contributed by atoms with Crippen molar-refractivity contribution in [2.45, 2.75) is 193 Å². The molecule has 14 unspecified atom stereocenters. The number of rotatable bonds is 13. The molecule has 20 heteroatoms. The molecule has 7 rings (SSSR count). The number of hydrogen-bond acceptors (Lipinski definition) is 20. The number of fused-ring (bicyclic) bond motifs is 5. The lowest BCUT2D eigenvalue weighted by atomic mass is 9.43. The van der Waals surface area contributed by atoms with Crippen LogP contribution in [0.2, 0.25) is 0 Å². The average molecular weight is 965 g/mol. The number of cyclic esters (lactones) is 1. The van der Waals surface area contributed by atoms with Gasteiger partial charge in [0.2, 0.25) is 0 Å². The van der Waals surface area contributed by atoms with E-state index in [0.29, 0.717) is 32.1 Å². The van der Waals surface area contributed by atoms with Crippen molar-refractivity contribution in [2.24, 2.45) is 34.5 Å². The minimum absolute atomic E-state index is 0.101. The number of methoxy groups -OCH3 is 1. The highest BCUT2D eigenvalue weighted by molar-refractivity contribution is 5.85. The van der Waals surface area contributed by atoms with E-state index < -0.39 is 133 Å². The molecular formula is C48H68O20. The standard InChI is InChI=1S/C48H68O20/c1-22-38(62-24(3)50)40(57-10)42(65-27(6)53)44(60-22)59-21-35-39(63-25(4)51)41(64-26(5)52)43(66-28(7)54)45(68-35)67-31-13-15-46(8)30(18-31)11-12-33-32(46)14-16-47(9)37(29-17-36(55)58-20-29)34(61-23(2)49)19-48(33,47)56/h17,22,30-35,37-45,56H,11-16,18-21H2,1-10H3/t22?,30?,31?,32?,33?,34?,35?,37?,38-,39-,40?,41+,42-,43-,44?,45?,46?,47?,48?/m1/s1. The Morgan fingerprint density at radius 2 is 1.28 bits per heavy atom. The van der Waals surface area contributed by atoms with Gasteiger partial charge in [0.1, 0.15) is 24.9 Å². The summed E-state index contributed by atoms with van der Waals surface area (Å²) >= 11 is 0. The Bertz CT molecular complexity index is 1990. The van der Waals surface area contributed by atoms with Crippen LogP contribution in [0.15, 0.2) is 11.6 Å². The summed E-state index contributed by atoms with van der Waals surface area (Å²) in [6.07, 6.45) is -6.78. The van der Waals surface area contributed by atoms with Crippen LogP contribution in [-0.4, -0.2) is 146 Å². The second-order valence-electron chi connectivity index (χ2n) is 20.2. The van der Waals surface area contributed by atoms with Gasteiger partial charge in [-0.05, 0) is 80.6 Å². The van der Waals surface area contributed by atoms with E-state index in [0.717, 1.165) is 32.3 Å². The van der Waals surface area contributed by atoms with E-state index in [-0.39, 0.29) is 42.1 Å². The Hall–Kier alpha value is -4.21. The lowest BCUT2D eigenvalue weighted by Gasteiger charge is -2.63. The van der Waals surface area contributed by atoms with E-state index in [1.807, 2.05) is 0 Å². The Morgan fingerprint density at radius 3 is 1.87 bits per heavy atom. The zero-order valence-electron chi connectivity index (χ0n) is 40.6. The molecule has 68 heavy (non-hydrogen) atoms. The van der Waals surface area contributed by atoms with Gasteiger partial charge in [0, 0.05) is 72.5 Å². The minimum Gasteiger partial charge on any atom is -0.462 e. The lowest BCUT2D eigenvalue weighted by Crippen LogP contribution is -2.65. The van der Waals surface area contributed by atoms with E-state index in [9.17, 15) is 38.7 Å². The zero-order valence-corrected chi connectivity index (χ0v) is 40.6. The molecule has 4 saturated carbocycles. The van der Waals surface area contributed by atoms with Crippen LogP contribution in [0.5, 0.6) is 0 Å². The van der Waals surface area contributed by atoms with Crippen LogP contribution < -0.4 is 0 Å². The summed E-state index contributed by atoms with van der Waals surface area (Å²) in [4.78, 5) is 87.1. The number of carbonyl (C=O) groups excluding carboxylic acids is 7. The fourth-order valence-electron chi connectivity index (χ4n) is 13.4. The number of carbonyl (C=O) groups is 7. The van der Waals surface area contributed by atoms with Crippen molar-refractivity contribution in [3.05, 3.63) is 11.6 Å². The third-order valence-corrected chi connectivity index (χ3v) is 16.0. The van der Waals surface area contributed by atoms with E-state index in [4.69, 9.17) is 56.8 Å². The summed E-state index contributed by atoms with van der Waals surface area (Å²) in [6.45, 7) is 12.9. The SMILES string of the molecule is COC1[C@H](OC(C)=O)C(C)OC(OCC2OC(OC3CCC4(C)C(CCC5C4CCC4(C)C(C6=CC(=O)OC6)C(OC(C)=O)CC54O)C3)[C@H](OC(C)=O)[C@@H](OC(C)=O)[C@@H]2OC(C)=O)[C@@H]1OC(C)=O. The van der Waals surface area contributed by atoms with Gasteiger partial charge in [0.15, 0.2) is 43.1 Å². The van der Waals surface area contributed by atoms with E-state index in [1.165, 1.54) is 40.9 Å². The molecule has 7 aliphatic rings. The highest BCUT2D eigenvalue weighted by Crippen LogP contribution is 2.70. The fourth-order valence-corrected chi connectivity index (χ4v) is 13.4. The third-order valence-electron chi connectivity index (χ3n) is 16.0. The van der Waals surface area contributed by atoms with E-state index in [1.54, 1.807) is 6.92 Å². The summed E-state index contributed by atoms with van der Waals surface area (Å²) < 4.78 is 70.9. The summed E-state index contributed by atoms with van der Waals surface area (Å²) in [5, 5.41) is 13.0. The average Bonchev–Trinajstić information content (AvgIpc) is 3.75. The highest BCUT2D eigenvalue weighted by atomic mass is 16.8. The number of esters is 7. The zero-order chi connectivity index (χ0) is 49.6. The van der Waals surface area contributed by atoms with Crippen molar-refractivity contribution in [1.29, 1.82) is 0 Å². The predicted octanol–water partition coefficient (Wildman–Crippen LogP) is 3.33. The maximum atomic E-state index is 13.0. The van der Waals surface area contributed by atoms with Crippen LogP contribution in [0.25, 0.3) is 0 Å². The molecular weight excluding hydrogens is 897 g/mol. The van der Waals surface area contributed by atoms with Crippen molar-refractivity contribution in [3.63, 3.8) is 0 Å². The summed E-state index contributed by atoms with van der Waals surface area (Å²) in [6, 6.07) is 0. The van der Waals surface area contributed by atoms with Gasteiger partial charge in [-0.1, -0.05) is 13.8 Å². The van der Waals surface area contributed by atoms with Gasteiger partial charge in [-0.2, -0.15) is 0 Å². The third kappa shape index (κ3) is 10.0. The minimum atomic E-state index is -1.43. The Kier molecular flexibility index (Phi) is 15.4. The van der Waals surface area contributed by atoms with Crippen molar-refractivity contribution in [1.82, 2.24) is 0 Å². The molecule has 0 radical (unpaired) electrons. The van der Waals surface area contributed by atoms with Gasteiger partial charge in [-0.3, -0.25) is 28.8 Å². The first kappa shape index (κ1) is 51.6. The van der Waals surface area contributed by atoms with Crippen LogP contribution >= 0.6 is 0 Å². The first-order valence-electron chi connectivity index (χ1n) is 23.7. The van der Waals surface area contributed by atoms with E-state index in [2.05, 4.69) is 13.8 Å². The largest absolute Gasteiger partial charge is 0.462 e. The summed E-state index contributed by atoms with van der Waals surface area (Å²) in [5.41, 5.74) is -1.33. The monoisotopic (exact) mass is 964 g/mol. The van der Waals surface area contributed by atoms with Crippen LogP contribution in [0, 0.1) is 34.5 Å². The smallest absolute Gasteiger partial charge is 0.331 e. The molecule has 3 aliphatic heterocycles. The molecule has 0 spiro atoms. The molecule has 6 fully saturated rings. The molecule has 2 saturated heterocycles. The van der Waals surface area contributed by atoms with Gasteiger partial charge in [-0.25, -0.2) is 4.79 Å². The molecule has 0 bridgehead atoms. The summed E-state index contributed by atoms with van der Waals surface area (Å²) in [5.74, 6) is -4.71. The molecule has 3 heterocycles. The van der Waals surface area contributed by atoms with Crippen molar-refractivity contribution in [3.8, 4) is 0 Å². The Labute approximate surface area is 395 Å². The first-order valence-corrected chi connectivity index (χ1v) is 23.7. The second-order valence-corrected chi connectivity index (χ2v) is 20.2. The fraction of sp³-hybridized carbons (Fsp3) is 0.812. The van der Waals surface area contributed by atoms with Gasteiger partial charge >= 0.3 is 41.8 Å². The molecule has 1 N–H and O–H groups in total. The molecule has 19 atom stereocenters. The van der Waals surface area contributed by atoms with Gasteiger partial charge in [-0.15, -0.1) is 0 Å². The first-order chi connectivity index (χ1) is 32.0. The van der Waals surface area contributed by atoms with Crippen LogP contribution in [0.3, 0.4) is 0 Å². The molecule has 4 aliphatic carbocycles. The van der Waals surface area contributed by atoms with Gasteiger partial charge in [0.25, 0.3) is 0 Å². The predicted molar refractivity (Wildman–Crippen MR) is 229 cm³/mol. The summed E-state index contributed by atoms with van der Waals surface area (Å²) in [7, 11) is 1.35. The van der Waals surface area contributed by atoms with Crippen molar-refractivity contribution in [2.75, 3.05) is 20.3 Å². The van der Waals surface area contributed by atoms with E-state index >= 15 is 0 Å². The Morgan fingerprint density at radius 1 is 0.691 bits per heavy atom. The number of aliphatic hydroxyl groups is 1. The second kappa shape index (κ2) is 20.3. The highest BCUT2D eigenvalue weighted by Gasteiger charge is 2.71. The molecule has 0 aromatic heterocycles. The maximum absolute atomic E-state index is 13.0. The maximum Gasteiger partial charge on any atom is 0.331 e. The quantitative estimate of drug-likeness (QED) is 0.158. The topological polar surface area (TPSA) is 250 Å². The molecule has 20 nitrogen and oxygen atoms in total. The van der Waals surface area contributed by atoms with Crippen molar-refractivity contribution < 1.29 is 95.5 Å². The van der Waals surface area contributed by atoms with Gasteiger partial charge in [0.05, 0.1) is 24.4 Å². The van der Waals surface area contributed by atoms with Crippen LogP contribution in [-0.2, 0) is 90.4 Å². The Balaban J connectivity index is 1.12. The van der Waals surface area contributed by atoms with Gasteiger partial charge < -0.3 is 61.9 Å². The number of hydrogen-bond donors (Lipinski definition) is 1.